The molecular formula is C12H9ClN4. The van der Waals surface area contributed by atoms with Crippen molar-refractivity contribution in [1.29, 1.82) is 0 Å². The number of aromatic nitrogens is 2. The first-order chi connectivity index (χ1) is 8.16. The van der Waals surface area contributed by atoms with Crippen molar-refractivity contribution in [2.75, 3.05) is 11.5 Å². The molecule has 0 saturated carbocycles. The van der Waals surface area contributed by atoms with Crippen molar-refractivity contribution in [3.05, 3.63) is 35.4 Å². The maximum atomic E-state index is 6.20. The molecule has 0 spiro atoms. The summed E-state index contributed by atoms with van der Waals surface area (Å²) in [5, 5.41) is 3.29. The second-order valence-corrected chi connectivity index (χ2v) is 4.17. The zero-order chi connectivity index (χ0) is 12.0. The summed E-state index contributed by atoms with van der Waals surface area (Å²) in [5.41, 5.74) is 12.1. The predicted molar refractivity (Wildman–Crippen MR) is 70.9 cm³/mol. The van der Waals surface area contributed by atoms with E-state index in [2.05, 4.69) is 9.97 Å². The summed E-state index contributed by atoms with van der Waals surface area (Å²) >= 11 is 6.20. The van der Waals surface area contributed by atoms with Crippen LogP contribution in [0.4, 0.5) is 11.8 Å². The molecule has 17 heavy (non-hydrogen) atoms. The van der Waals surface area contributed by atoms with Crippen molar-refractivity contribution >= 4 is 45.0 Å². The predicted octanol–water partition coefficient (Wildman–Crippen LogP) is 2.60. The molecule has 0 radical (unpaired) electrons. The van der Waals surface area contributed by atoms with Crippen LogP contribution in [0.2, 0.25) is 5.02 Å². The van der Waals surface area contributed by atoms with Crippen molar-refractivity contribution in [3.8, 4) is 0 Å². The van der Waals surface area contributed by atoms with Crippen molar-refractivity contribution < 1.29 is 0 Å². The Morgan fingerprint density at radius 3 is 2.47 bits per heavy atom. The molecule has 0 amide bonds. The molecule has 0 unspecified atom stereocenters. The highest BCUT2D eigenvalue weighted by atomic mass is 35.5. The van der Waals surface area contributed by atoms with Gasteiger partial charge in [0.2, 0.25) is 5.95 Å². The van der Waals surface area contributed by atoms with Crippen LogP contribution in [0, 0.1) is 0 Å². The third kappa shape index (κ3) is 1.45. The van der Waals surface area contributed by atoms with Gasteiger partial charge in [-0.15, -0.1) is 0 Å². The van der Waals surface area contributed by atoms with Gasteiger partial charge in [-0.05, 0) is 11.5 Å². The van der Waals surface area contributed by atoms with E-state index in [4.69, 9.17) is 23.1 Å². The monoisotopic (exact) mass is 244 g/mol. The summed E-state index contributed by atoms with van der Waals surface area (Å²) in [5.74, 6) is 0.529. The van der Waals surface area contributed by atoms with Gasteiger partial charge in [-0.25, -0.2) is 4.98 Å². The fourth-order valence-corrected chi connectivity index (χ4v) is 2.27. The molecule has 1 aromatic heterocycles. The normalized spacial score (nSPS) is 11.1. The third-order valence-electron chi connectivity index (χ3n) is 2.70. The molecule has 0 fully saturated rings. The van der Waals surface area contributed by atoms with E-state index >= 15 is 0 Å². The van der Waals surface area contributed by atoms with Crippen LogP contribution in [0.25, 0.3) is 21.7 Å². The van der Waals surface area contributed by atoms with E-state index in [1.165, 1.54) is 0 Å². The number of nitrogens with zero attached hydrogens (tertiary/aromatic N) is 2. The molecule has 3 aromatic rings. The maximum Gasteiger partial charge on any atom is 0.222 e. The number of hydrogen-bond donors (Lipinski definition) is 2. The van der Waals surface area contributed by atoms with E-state index < -0.39 is 0 Å². The molecule has 1 heterocycles. The fourth-order valence-electron chi connectivity index (χ4n) is 2.00. The van der Waals surface area contributed by atoms with Gasteiger partial charge in [-0.3, -0.25) is 0 Å². The van der Waals surface area contributed by atoms with Gasteiger partial charge in [0.05, 0.1) is 15.9 Å². The Morgan fingerprint density at radius 2 is 1.71 bits per heavy atom. The lowest BCUT2D eigenvalue weighted by Gasteiger charge is -2.07. The lowest BCUT2D eigenvalue weighted by molar-refractivity contribution is 1.25. The molecule has 84 valence electrons. The van der Waals surface area contributed by atoms with Crippen molar-refractivity contribution in [2.45, 2.75) is 0 Å². The van der Waals surface area contributed by atoms with Crippen LogP contribution >= 0.6 is 11.6 Å². The first kappa shape index (κ1) is 10.1. The largest absolute Gasteiger partial charge is 0.383 e. The first-order valence-electron chi connectivity index (χ1n) is 5.07. The smallest absolute Gasteiger partial charge is 0.222 e. The first-order valence-corrected chi connectivity index (χ1v) is 5.44. The zero-order valence-electron chi connectivity index (χ0n) is 8.81. The maximum absolute atomic E-state index is 6.20. The molecule has 0 bridgehead atoms. The van der Waals surface area contributed by atoms with Crippen LogP contribution < -0.4 is 11.5 Å². The fraction of sp³-hybridized carbons (Fsp3) is 0. The summed E-state index contributed by atoms with van der Waals surface area (Å²) in [7, 11) is 0. The Kier molecular flexibility index (Phi) is 2.06. The molecule has 0 atom stereocenters. The number of hydrogen-bond acceptors (Lipinski definition) is 4. The number of anilines is 2. The average molecular weight is 245 g/mol. The van der Waals surface area contributed by atoms with Gasteiger partial charge in [0.25, 0.3) is 0 Å². The van der Waals surface area contributed by atoms with Gasteiger partial charge in [-0.1, -0.05) is 35.9 Å². The van der Waals surface area contributed by atoms with Crippen molar-refractivity contribution in [2.24, 2.45) is 0 Å². The topological polar surface area (TPSA) is 77.8 Å². The highest BCUT2D eigenvalue weighted by Gasteiger charge is 2.10. The van der Waals surface area contributed by atoms with Crippen LogP contribution in [-0.4, -0.2) is 9.97 Å². The van der Waals surface area contributed by atoms with E-state index in [0.717, 1.165) is 16.2 Å². The van der Waals surface area contributed by atoms with Crippen LogP contribution in [0.3, 0.4) is 0 Å². The van der Waals surface area contributed by atoms with Gasteiger partial charge in [-0.2, -0.15) is 4.98 Å². The van der Waals surface area contributed by atoms with Gasteiger partial charge < -0.3 is 11.5 Å². The molecule has 3 rings (SSSR count). The van der Waals surface area contributed by atoms with Crippen molar-refractivity contribution in [3.63, 3.8) is 0 Å². The highest BCUT2D eigenvalue weighted by Crippen LogP contribution is 2.33. The standard InChI is InChI=1S/C12H9ClN4/c13-8-5-9-10(11(14)17-12(15)16-9)7-4-2-1-3-6(7)8/h1-5H,(H4,14,15,16,17). The number of nitrogen functional groups attached to an aromatic ring is 2. The van der Waals surface area contributed by atoms with Gasteiger partial charge in [0.15, 0.2) is 0 Å². The summed E-state index contributed by atoms with van der Waals surface area (Å²) < 4.78 is 0. The Bertz CT molecular complexity index is 739. The van der Waals surface area contributed by atoms with Crippen LogP contribution in [0.5, 0.6) is 0 Å². The minimum absolute atomic E-state index is 0.154. The summed E-state index contributed by atoms with van der Waals surface area (Å²) in [6.45, 7) is 0. The number of halogens is 1. The SMILES string of the molecule is Nc1nc(N)c2c(cc(Cl)c3ccccc32)n1. The Balaban J connectivity index is 2.63. The van der Waals surface area contributed by atoms with Gasteiger partial charge in [0, 0.05) is 5.39 Å². The van der Waals surface area contributed by atoms with Gasteiger partial charge >= 0.3 is 0 Å². The quantitative estimate of drug-likeness (QED) is 0.596. The molecule has 5 heteroatoms. The molecule has 0 aliphatic carbocycles. The zero-order valence-corrected chi connectivity index (χ0v) is 9.57. The lowest BCUT2D eigenvalue weighted by Crippen LogP contribution is -2.00. The molecule has 4 N–H and O–H groups in total. The van der Waals surface area contributed by atoms with E-state index in [9.17, 15) is 0 Å². The highest BCUT2D eigenvalue weighted by molar-refractivity contribution is 6.37. The van der Waals surface area contributed by atoms with Crippen LogP contribution in [-0.2, 0) is 0 Å². The Hall–Kier alpha value is -2.07. The third-order valence-corrected chi connectivity index (χ3v) is 3.01. The molecule has 0 saturated heterocycles. The van der Waals surface area contributed by atoms with E-state index in [1.807, 2.05) is 24.3 Å². The molecule has 2 aromatic carbocycles. The number of fused-ring (bicyclic) bond motifs is 3. The molecule has 0 aliphatic heterocycles. The lowest BCUT2D eigenvalue weighted by atomic mass is 10.1. The minimum Gasteiger partial charge on any atom is -0.383 e. The second-order valence-electron chi connectivity index (χ2n) is 3.77. The minimum atomic E-state index is 0.154. The number of nitrogens with two attached hydrogens (primary N) is 2. The van der Waals surface area contributed by atoms with Gasteiger partial charge in [0.1, 0.15) is 5.82 Å². The van der Waals surface area contributed by atoms with E-state index in [0.29, 0.717) is 16.4 Å². The van der Waals surface area contributed by atoms with Crippen LogP contribution in [0.1, 0.15) is 0 Å². The van der Waals surface area contributed by atoms with E-state index in [-0.39, 0.29) is 5.95 Å². The average Bonchev–Trinajstić information content (AvgIpc) is 2.28. The summed E-state index contributed by atoms with van der Waals surface area (Å²) in [6.07, 6.45) is 0. The number of benzene rings is 2. The van der Waals surface area contributed by atoms with Crippen LogP contribution in [0.15, 0.2) is 30.3 Å². The molecule has 4 nitrogen and oxygen atoms in total. The second kappa shape index (κ2) is 3.46. The Labute approximate surface area is 102 Å². The summed E-state index contributed by atoms with van der Waals surface area (Å²) in [4.78, 5) is 8.13. The number of rotatable bonds is 0. The van der Waals surface area contributed by atoms with Crippen molar-refractivity contribution in [1.82, 2.24) is 9.97 Å². The molecular weight excluding hydrogens is 236 g/mol. The summed E-state index contributed by atoms with van der Waals surface area (Å²) in [6, 6.07) is 9.49. The molecule has 0 aliphatic rings. The van der Waals surface area contributed by atoms with E-state index in [1.54, 1.807) is 6.07 Å². The Morgan fingerprint density at radius 1 is 1.00 bits per heavy atom.